The summed E-state index contributed by atoms with van der Waals surface area (Å²) in [7, 11) is 0. The van der Waals surface area contributed by atoms with Crippen molar-refractivity contribution in [3.63, 3.8) is 0 Å². The predicted molar refractivity (Wildman–Crippen MR) is 91.2 cm³/mol. The Hall–Kier alpha value is -1.59. The monoisotopic (exact) mass is 318 g/mol. The first-order valence-corrected chi connectivity index (χ1v) is 8.58. The Morgan fingerprint density at radius 2 is 2.05 bits per heavy atom. The molecule has 0 spiro atoms. The molecule has 0 radical (unpaired) electrons. The summed E-state index contributed by atoms with van der Waals surface area (Å²) in [4.78, 5) is 14.0. The zero-order valence-corrected chi connectivity index (χ0v) is 13.8. The molecule has 0 fully saturated rings. The molecule has 1 aromatic carbocycles. The molecule has 1 amide bonds. The van der Waals surface area contributed by atoms with Gasteiger partial charge >= 0.3 is 0 Å². The molecule has 2 aromatic rings. The molecule has 0 aliphatic rings. The Morgan fingerprint density at radius 3 is 2.71 bits per heavy atom. The zero-order chi connectivity index (χ0) is 15.1. The van der Waals surface area contributed by atoms with E-state index in [9.17, 15) is 4.79 Å². The zero-order valence-electron chi connectivity index (χ0n) is 12.1. The van der Waals surface area contributed by atoms with Crippen LogP contribution in [0.3, 0.4) is 0 Å². The average molecular weight is 318 g/mol. The summed E-state index contributed by atoms with van der Waals surface area (Å²) in [5.41, 5.74) is 4.69. The highest BCUT2D eigenvalue weighted by Gasteiger charge is 2.03. The Kier molecular flexibility index (Phi) is 6.02. The molecular weight excluding hydrogens is 300 g/mol. The van der Waals surface area contributed by atoms with Crippen LogP contribution in [-0.2, 0) is 4.79 Å². The standard InChI is InChI=1S/C16H18N2OS2/c1-12-5-7-14(8-6-12)20-11-9-16(19)18-17-13(2)15-4-3-10-21-15/h3-8,10H,9,11H2,1-2H3,(H,18,19)/b17-13-. The molecule has 0 saturated carbocycles. The summed E-state index contributed by atoms with van der Waals surface area (Å²) in [6.07, 6.45) is 0.458. The Labute approximate surface area is 133 Å². The van der Waals surface area contributed by atoms with Crippen LogP contribution in [0.15, 0.2) is 51.8 Å². The molecule has 2 rings (SSSR count). The number of hydrogen-bond donors (Lipinski definition) is 1. The van der Waals surface area contributed by atoms with Gasteiger partial charge in [0.25, 0.3) is 0 Å². The molecule has 1 heterocycles. The lowest BCUT2D eigenvalue weighted by atomic mass is 10.2. The highest BCUT2D eigenvalue weighted by atomic mass is 32.2. The maximum Gasteiger partial charge on any atom is 0.240 e. The lowest BCUT2D eigenvalue weighted by Crippen LogP contribution is -2.19. The maximum absolute atomic E-state index is 11.7. The number of carbonyl (C=O) groups excluding carboxylic acids is 1. The third-order valence-corrected chi connectivity index (χ3v) is 4.84. The number of nitrogens with one attached hydrogen (secondary N) is 1. The van der Waals surface area contributed by atoms with E-state index >= 15 is 0 Å². The van der Waals surface area contributed by atoms with E-state index in [0.717, 1.165) is 16.3 Å². The number of thioether (sulfide) groups is 1. The quantitative estimate of drug-likeness (QED) is 0.495. The molecular formula is C16H18N2OS2. The van der Waals surface area contributed by atoms with Gasteiger partial charge in [0.15, 0.2) is 0 Å². The van der Waals surface area contributed by atoms with Crippen LogP contribution in [0.25, 0.3) is 0 Å². The van der Waals surface area contributed by atoms with Gasteiger partial charge in [0.1, 0.15) is 0 Å². The molecule has 21 heavy (non-hydrogen) atoms. The Balaban J connectivity index is 1.72. The van der Waals surface area contributed by atoms with E-state index in [-0.39, 0.29) is 5.91 Å². The fourth-order valence-electron chi connectivity index (χ4n) is 1.64. The topological polar surface area (TPSA) is 41.5 Å². The molecule has 3 nitrogen and oxygen atoms in total. The Bertz CT molecular complexity index is 604. The van der Waals surface area contributed by atoms with Crippen LogP contribution >= 0.6 is 23.1 Å². The molecule has 1 N–H and O–H groups in total. The molecule has 110 valence electrons. The van der Waals surface area contributed by atoms with Crippen molar-refractivity contribution in [3.8, 4) is 0 Å². The van der Waals surface area contributed by atoms with Crippen molar-refractivity contribution in [1.29, 1.82) is 0 Å². The summed E-state index contributed by atoms with van der Waals surface area (Å²) < 4.78 is 0. The largest absolute Gasteiger partial charge is 0.273 e. The molecule has 0 aliphatic carbocycles. The van der Waals surface area contributed by atoms with E-state index in [0.29, 0.717) is 6.42 Å². The summed E-state index contributed by atoms with van der Waals surface area (Å²) in [6.45, 7) is 3.96. The van der Waals surface area contributed by atoms with Crippen molar-refractivity contribution in [2.75, 3.05) is 5.75 Å². The second-order valence-electron chi connectivity index (χ2n) is 4.62. The van der Waals surface area contributed by atoms with E-state index < -0.39 is 0 Å². The maximum atomic E-state index is 11.7. The number of benzene rings is 1. The van der Waals surface area contributed by atoms with E-state index in [2.05, 4.69) is 41.7 Å². The van der Waals surface area contributed by atoms with E-state index in [1.54, 1.807) is 23.1 Å². The van der Waals surface area contributed by atoms with Crippen molar-refractivity contribution < 1.29 is 4.79 Å². The molecule has 5 heteroatoms. The van der Waals surface area contributed by atoms with Gasteiger partial charge in [-0.05, 0) is 37.4 Å². The smallest absolute Gasteiger partial charge is 0.240 e. The Morgan fingerprint density at radius 1 is 1.29 bits per heavy atom. The highest BCUT2D eigenvalue weighted by molar-refractivity contribution is 7.99. The normalized spacial score (nSPS) is 11.4. The van der Waals surface area contributed by atoms with Crippen LogP contribution in [0, 0.1) is 6.92 Å². The van der Waals surface area contributed by atoms with E-state index in [4.69, 9.17) is 0 Å². The number of carbonyl (C=O) groups is 1. The average Bonchev–Trinajstić information content (AvgIpc) is 3.01. The third kappa shape index (κ3) is 5.36. The van der Waals surface area contributed by atoms with Crippen molar-refractivity contribution in [2.45, 2.75) is 25.2 Å². The van der Waals surface area contributed by atoms with Gasteiger partial charge in [-0.15, -0.1) is 23.1 Å². The third-order valence-electron chi connectivity index (χ3n) is 2.84. The van der Waals surface area contributed by atoms with Crippen molar-refractivity contribution in [3.05, 3.63) is 52.2 Å². The lowest BCUT2D eigenvalue weighted by Gasteiger charge is -2.03. The van der Waals surface area contributed by atoms with Crippen LogP contribution in [0.5, 0.6) is 0 Å². The number of hydrogen-bond acceptors (Lipinski definition) is 4. The minimum Gasteiger partial charge on any atom is -0.273 e. The fraction of sp³-hybridized carbons (Fsp3) is 0.250. The molecule has 0 atom stereocenters. The van der Waals surface area contributed by atoms with Crippen LogP contribution in [-0.4, -0.2) is 17.4 Å². The first kappa shape index (κ1) is 15.8. The number of nitrogens with zero attached hydrogens (tertiary/aromatic N) is 1. The molecule has 0 aliphatic heterocycles. The van der Waals surface area contributed by atoms with Gasteiger partial charge in [-0.3, -0.25) is 4.79 Å². The fourth-order valence-corrected chi connectivity index (χ4v) is 3.17. The van der Waals surface area contributed by atoms with Gasteiger partial charge in [0.2, 0.25) is 5.91 Å². The van der Waals surface area contributed by atoms with Gasteiger partial charge in [-0.2, -0.15) is 5.10 Å². The van der Waals surface area contributed by atoms with Gasteiger partial charge < -0.3 is 0 Å². The predicted octanol–water partition coefficient (Wildman–Crippen LogP) is 4.08. The number of thiophene rings is 1. The van der Waals surface area contributed by atoms with Crippen LogP contribution in [0.1, 0.15) is 23.8 Å². The van der Waals surface area contributed by atoms with Crippen LogP contribution in [0.2, 0.25) is 0 Å². The van der Waals surface area contributed by atoms with Gasteiger partial charge in [-0.25, -0.2) is 5.43 Å². The van der Waals surface area contributed by atoms with Crippen molar-refractivity contribution >= 4 is 34.7 Å². The first-order chi connectivity index (χ1) is 10.1. The van der Waals surface area contributed by atoms with E-state index in [1.165, 1.54) is 10.5 Å². The molecule has 1 aromatic heterocycles. The van der Waals surface area contributed by atoms with Gasteiger partial charge in [0, 0.05) is 21.9 Å². The number of hydrazone groups is 1. The molecule has 0 unspecified atom stereocenters. The first-order valence-electron chi connectivity index (χ1n) is 6.71. The molecule has 0 bridgehead atoms. The van der Waals surface area contributed by atoms with Crippen molar-refractivity contribution in [2.24, 2.45) is 5.10 Å². The number of aryl methyl sites for hydroxylation is 1. The number of amides is 1. The summed E-state index contributed by atoms with van der Waals surface area (Å²) >= 11 is 3.29. The highest BCUT2D eigenvalue weighted by Crippen LogP contribution is 2.18. The minimum atomic E-state index is -0.0504. The number of rotatable bonds is 6. The summed E-state index contributed by atoms with van der Waals surface area (Å²) in [5.74, 6) is 0.702. The second-order valence-corrected chi connectivity index (χ2v) is 6.74. The van der Waals surface area contributed by atoms with Crippen LogP contribution in [0.4, 0.5) is 0 Å². The van der Waals surface area contributed by atoms with Crippen molar-refractivity contribution in [1.82, 2.24) is 5.43 Å². The summed E-state index contributed by atoms with van der Waals surface area (Å²) in [6, 6.07) is 12.3. The molecule has 0 saturated heterocycles. The van der Waals surface area contributed by atoms with Gasteiger partial charge in [0.05, 0.1) is 5.71 Å². The van der Waals surface area contributed by atoms with Gasteiger partial charge in [-0.1, -0.05) is 23.8 Å². The second kappa shape index (κ2) is 8.00. The summed E-state index contributed by atoms with van der Waals surface area (Å²) in [5, 5.41) is 6.12. The van der Waals surface area contributed by atoms with Crippen LogP contribution < -0.4 is 5.43 Å². The lowest BCUT2D eigenvalue weighted by molar-refractivity contribution is -0.120. The minimum absolute atomic E-state index is 0.0504. The van der Waals surface area contributed by atoms with E-state index in [1.807, 2.05) is 24.4 Å². The SMILES string of the molecule is C/C(=N/NC(=O)CCSc1ccc(C)cc1)c1cccs1.